The van der Waals surface area contributed by atoms with E-state index in [4.69, 9.17) is 16.8 Å². The molecule has 0 bridgehead atoms. The third-order valence-electron chi connectivity index (χ3n) is 4.46. The summed E-state index contributed by atoms with van der Waals surface area (Å²) in [4.78, 5) is 17.9. The second-order valence-electron chi connectivity index (χ2n) is 6.59. The zero-order chi connectivity index (χ0) is 16.9. The molecule has 2 fully saturated rings. The van der Waals surface area contributed by atoms with Crippen molar-refractivity contribution in [2.24, 2.45) is 5.92 Å². The largest absolute Gasteiger partial charge is 0.365 e. The summed E-state index contributed by atoms with van der Waals surface area (Å²) >= 11 is 6.31. The molecule has 0 unspecified atom stereocenters. The van der Waals surface area contributed by atoms with Crippen molar-refractivity contribution in [3.63, 3.8) is 0 Å². The number of pyridine rings is 1. The molecule has 1 atom stereocenters. The molecule has 3 N–H and O–H groups in total. The van der Waals surface area contributed by atoms with Gasteiger partial charge in [-0.15, -0.1) is 0 Å². The Morgan fingerprint density at radius 1 is 1.46 bits per heavy atom. The second kappa shape index (κ2) is 7.96. The van der Waals surface area contributed by atoms with E-state index in [2.05, 4.69) is 15.2 Å². The van der Waals surface area contributed by atoms with Gasteiger partial charge in [0, 0.05) is 31.4 Å². The highest BCUT2D eigenvalue weighted by atomic mass is 35.5. The van der Waals surface area contributed by atoms with E-state index in [-0.39, 0.29) is 0 Å². The van der Waals surface area contributed by atoms with Crippen molar-refractivity contribution >= 4 is 29.4 Å². The van der Waals surface area contributed by atoms with Gasteiger partial charge in [0.05, 0.1) is 5.02 Å². The smallest absolute Gasteiger partial charge is 0.267 e. The van der Waals surface area contributed by atoms with Gasteiger partial charge in [0.1, 0.15) is 5.82 Å². The Morgan fingerprint density at radius 2 is 2.29 bits per heavy atom. The topological polar surface area (TPSA) is 77.5 Å². The first-order valence-corrected chi connectivity index (χ1v) is 8.78. The molecule has 2 aliphatic rings. The van der Waals surface area contributed by atoms with E-state index < -0.39 is 5.91 Å². The third-order valence-corrected chi connectivity index (χ3v) is 4.75. The van der Waals surface area contributed by atoms with Crippen LogP contribution in [0, 0.1) is 5.92 Å². The first-order chi connectivity index (χ1) is 11.6. The summed E-state index contributed by atoms with van der Waals surface area (Å²) in [5.41, 5.74) is 2.24. The fraction of sp³-hybridized carbons (Fsp3) is 0.529. The highest BCUT2D eigenvalue weighted by Gasteiger charge is 2.27. The zero-order valence-corrected chi connectivity index (χ0v) is 14.3. The molecule has 1 amide bonds. The van der Waals surface area contributed by atoms with Crippen molar-refractivity contribution in [1.82, 2.24) is 15.4 Å². The summed E-state index contributed by atoms with van der Waals surface area (Å²) in [7, 11) is 0. The first-order valence-electron chi connectivity index (χ1n) is 8.40. The molecule has 1 aromatic heterocycles. The number of hydroxylamine groups is 1. The molecular weight excluding hydrogens is 328 g/mol. The lowest BCUT2D eigenvalue weighted by Crippen LogP contribution is -2.43. The van der Waals surface area contributed by atoms with Crippen molar-refractivity contribution in [3.05, 3.63) is 28.9 Å². The van der Waals surface area contributed by atoms with Gasteiger partial charge >= 0.3 is 0 Å². The minimum absolute atomic E-state index is 0.365. The molecule has 0 spiro atoms. The number of rotatable bonds is 6. The normalized spacial score (nSPS) is 21.8. The average Bonchev–Trinajstić information content (AvgIpc) is 3.39. The Kier molecular flexibility index (Phi) is 5.71. The van der Waals surface area contributed by atoms with Crippen LogP contribution in [-0.4, -0.2) is 46.7 Å². The predicted octanol–water partition coefficient (Wildman–Crippen LogP) is 2.54. The molecule has 1 aliphatic carbocycles. The van der Waals surface area contributed by atoms with Crippen LogP contribution in [0.15, 0.2) is 18.3 Å². The van der Waals surface area contributed by atoms with E-state index in [9.17, 15) is 4.79 Å². The van der Waals surface area contributed by atoms with Gasteiger partial charge in [0.25, 0.3) is 5.91 Å². The van der Waals surface area contributed by atoms with Gasteiger partial charge in [-0.05, 0) is 55.9 Å². The monoisotopic (exact) mass is 350 g/mol. The molecule has 2 heterocycles. The first kappa shape index (κ1) is 17.2. The van der Waals surface area contributed by atoms with Crippen molar-refractivity contribution < 1.29 is 10.0 Å². The van der Waals surface area contributed by atoms with Gasteiger partial charge in [-0.2, -0.15) is 0 Å². The Hall–Kier alpha value is -1.63. The van der Waals surface area contributed by atoms with E-state index in [0.717, 1.165) is 18.9 Å². The maximum atomic E-state index is 11.0. The lowest BCUT2D eigenvalue weighted by molar-refractivity contribution is -0.124. The van der Waals surface area contributed by atoms with E-state index in [1.165, 1.54) is 38.4 Å². The molecular formula is C17H23ClN4O2. The van der Waals surface area contributed by atoms with Crippen LogP contribution in [0.2, 0.25) is 5.02 Å². The summed E-state index contributed by atoms with van der Waals surface area (Å²) in [6.45, 7) is 3.44. The molecule has 3 rings (SSSR count). The number of carbonyl (C=O) groups excluding carboxylic acids is 1. The number of piperidine rings is 1. The van der Waals surface area contributed by atoms with Crippen LogP contribution in [0.3, 0.4) is 0 Å². The summed E-state index contributed by atoms with van der Waals surface area (Å²) in [6.07, 6.45) is 9.50. The van der Waals surface area contributed by atoms with Crippen LogP contribution >= 0.6 is 11.6 Å². The molecule has 7 heteroatoms. The van der Waals surface area contributed by atoms with E-state index in [1.807, 2.05) is 0 Å². The zero-order valence-electron chi connectivity index (χ0n) is 13.5. The van der Waals surface area contributed by atoms with Gasteiger partial charge in [0.15, 0.2) is 0 Å². The van der Waals surface area contributed by atoms with Crippen molar-refractivity contribution in [2.45, 2.75) is 31.7 Å². The van der Waals surface area contributed by atoms with Crippen LogP contribution < -0.4 is 10.8 Å². The predicted molar refractivity (Wildman–Crippen MR) is 94.0 cm³/mol. The van der Waals surface area contributed by atoms with Crippen molar-refractivity contribution in [2.75, 3.05) is 25.0 Å². The molecule has 24 heavy (non-hydrogen) atoms. The molecule has 0 aromatic carbocycles. The Labute approximate surface area is 146 Å². The summed E-state index contributed by atoms with van der Waals surface area (Å²) < 4.78 is 0. The van der Waals surface area contributed by atoms with Gasteiger partial charge in [-0.3, -0.25) is 10.0 Å². The SMILES string of the molecule is O=C(/C=C/c1cnc(N[C@@H]2CCCN(CC3CC3)C2)c(Cl)c1)NO. The Morgan fingerprint density at radius 3 is 3.00 bits per heavy atom. The van der Waals surface area contributed by atoms with Crippen molar-refractivity contribution in [3.8, 4) is 0 Å². The number of anilines is 1. The molecule has 6 nitrogen and oxygen atoms in total. The lowest BCUT2D eigenvalue weighted by Gasteiger charge is -2.33. The maximum Gasteiger partial charge on any atom is 0.267 e. The molecule has 0 radical (unpaired) electrons. The number of aromatic nitrogens is 1. The van der Waals surface area contributed by atoms with E-state index in [0.29, 0.717) is 22.4 Å². The number of amides is 1. The number of halogens is 1. The fourth-order valence-electron chi connectivity index (χ4n) is 3.06. The molecule has 1 saturated heterocycles. The van der Waals surface area contributed by atoms with Crippen LogP contribution in [-0.2, 0) is 4.79 Å². The molecule has 130 valence electrons. The minimum Gasteiger partial charge on any atom is -0.365 e. The van der Waals surface area contributed by atoms with Crippen LogP contribution in [0.5, 0.6) is 0 Å². The second-order valence-corrected chi connectivity index (χ2v) is 7.00. The number of nitrogens with one attached hydrogen (secondary N) is 2. The minimum atomic E-state index is -0.591. The summed E-state index contributed by atoms with van der Waals surface area (Å²) in [6, 6.07) is 2.12. The highest BCUT2D eigenvalue weighted by molar-refractivity contribution is 6.33. The lowest BCUT2D eigenvalue weighted by atomic mass is 10.1. The van der Waals surface area contributed by atoms with Gasteiger partial charge in [-0.1, -0.05) is 11.6 Å². The van der Waals surface area contributed by atoms with Gasteiger partial charge in [-0.25, -0.2) is 10.5 Å². The standard InChI is InChI=1S/C17H23ClN4O2/c18-15-8-13(5-6-16(23)21-24)9-19-17(15)20-14-2-1-7-22(11-14)10-12-3-4-12/h5-6,8-9,12,14,24H,1-4,7,10-11H2,(H,19,20)(H,21,23)/b6-5+/t14-/m1/s1. The van der Waals surface area contributed by atoms with Gasteiger partial charge < -0.3 is 10.2 Å². The Bertz CT molecular complexity index is 619. The van der Waals surface area contributed by atoms with E-state index in [1.54, 1.807) is 23.8 Å². The highest BCUT2D eigenvalue weighted by Crippen LogP contribution is 2.31. The Balaban J connectivity index is 1.58. The molecule has 1 aromatic rings. The number of nitrogens with zero attached hydrogens (tertiary/aromatic N) is 2. The number of likely N-dealkylation sites (tertiary alicyclic amines) is 1. The van der Waals surface area contributed by atoms with Crippen LogP contribution in [0.4, 0.5) is 5.82 Å². The van der Waals surface area contributed by atoms with Crippen molar-refractivity contribution in [1.29, 1.82) is 0 Å². The quantitative estimate of drug-likeness (QED) is 0.417. The van der Waals surface area contributed by atoms with Crippen LogP contribution in [0.25, 0.3) is 6.08 Å². The fourth-order valence-corrected chi connectivity index (χ4v) is 3.29. The summed E-state index contributed by atoms with van der Waals surface area (Å²) in [5.74, 6) is 0.998. The number of hydrogen-bond acceptors (Lipinski definition) is 5. The number of carbonyl (C=O) groups is 1. The third kappa shape index (κ3) is 4.93. The molecule has 1 saturated carbocycles. The summed E-state index contributed by atoms with van der Waals surface area (Å²) in [5, 5.41) is 12.4. The number of hydrogen-bond donors (Lipinski definition) is 3. The van der Waals surface area contributed by atoms with E-state index >= 15 is 0 Å². The maximum absolute atomic E-state index is 11.0. The van der Waals surface area contributed by atoms with Crippen LogP contribution in [0.1, 0.15) is 31.2 Å². The molecule has 1 aliphatic heterocycles. The van der Waals surface area contributed by atoms with Gasteiger partial charge in [0.2, 0.25) is 0 Å². The average molecular weight is 351 g/mol.